The van der Waals surface area contributed by atoms with Gasteiger partial charge in [0.1, 0.15) is 0 Å². The predicted octanol–water partition coefficient (Wildman–Crippen LogP) is 2.67. The van der Waals surface area contributed by atoms with Gasteiger partial charge in [0.05, 0.1) is 0 Å². The van der Waals surface area contributed by atoms with E-state index in [1.54, 1.807) is 0 Å². The maximum Gasteiger partial charge on any atom is 0.0303 e. The van der Waals surface area contributed by atoms with Gasteiger partial charge < -0.3 is 5.73 Å². The largest absolute Gasteiger partial charge is 0.324 e. The van der Waals surface area contributed by atoms with Crippen LogP contribution in [0.3, 0.4) is 0 Å². The lowest BCUT2D eigenvalue weighted by Gasteiger charge is -2.24. The second kappa shape index (κ2) is 3.35. The van der Waals surface area contributed by atoms with Gasteiger partial charge in [-0.1, -0.05) is 30.9 Å². The van der Waals surface area contributed by atoms with Gasteiger partial charge in [0, 0.05) is 6.04 Å². The van der Waals surface area contributed by atoms with Crippen LogP contribution in [0.25, 0.3) is 6.08 Å². The molecule has 1 unspecified atom stereocenters. The Hall–Kier alpha value is -1.08. The van der Waals surface area contributed by atoms with Crippen LogP contribution in [0, 0.1) is 0 Å². The van der Waals surface area contributed by atoms with Crippen LogP contribution >= 0.6 is 0 Å². The van der Waals surface area contributed by atoms with E-state index < -0.39 is 0 Å². The van der Waals surface area contributed by atoms with Gasteiger partial charge >= 0.3 is 0 Å². The normalized spacial score (nSPS) is 20.8. The molecule has 1 heteroatoms. The van der Waals surface area contributed by atoms with Crippen molar-refractivity contribution in [2.75, 3.05) is 0 Å². The Bertz CT molecular complexity index is 328. The molecule has 0 amide bonds. The zero-order valence-corrected chi connectivity index (χ0v) is 7.79. The Morgan fingerprint density at radius 2 is 2.31 bits per heavy atom. The van der Waals surface area contributed by atoms with Gasteiger partial charge in [0.25, 0.3) is 0 Å². The second-order valence-corrected chi connectivity index (χ2v) is 3.62. The average Bonchev–Trinajstić information content (AvgIpc) is 2.17. The molecule has 2 N–H and O–H groups in total. The molecule has 1 aliphatic rings. The minimum atomic E-state index is 0.220. The van der Waals surface area contributed by atoms with Crippen LogP contribution in [0.4, 0.5) is 0 Å². The third kappa shape index (κ3) is 1.40. The van der Waals surface area contributed by atoms with Crippen molar-refractivity contribution in [3.63, 3.8) is 0 Å². The minimum absolute atomic E-state index is 0.220. The summed E-state index contributed by atoms with van der Waals surface area (Å²) in [5, 5.41) is 0. The molecule has 0 saturated heterocycles. The maximum atomic E-state index is 6.07. The molecule has 1 aliphatic carbocycles. The van der Waals surface area contributed by atoms with Gasteiger partial charge in [0.15, 0.2) is 0 Å². The molecule has 1 nitrogen and oxygen atoms in total. The van der Waals surface area contributed by atoms with Gasteiger partial charge in [-0.2, -0.15) is 0 Å². The lowest BCUT2D eigenvalue weighted by molar-refractivity contribution is 0.569. The monoisotopic (exact) mass is 173 g/mol. The predicted molar refractivity (Wildman–Crippen MR) is 56.4 cm³/mol. The van der Waals surface area contributed by atoms with Crippen molar-refractivity contribution < 1.29 is 0 Å². The summed E-state index contributed by atoms with van der Waals surface area (Å²) in [7, 11) is 0. The summed E-state index contributed by atoms with van der Waals surface area (Å²) in [6.45, 7) is 3.82. The summed E-state index contributed by atoms with van der Waals surface area (Å²) in [5.74, 6) is 0. The summed E-state index contributed by atoms with van der Waals surface area (Å²) in [4.78, 5) is 0. The van der Waals surface area contributed by atoms with Crippen LogP contribution < -0.4 is 5.73 Å². The first-order chi connectivity index (χ1) is 6.33. The van der Waals surface area contributed by atoms with E-state index in [0.29, 0.717) is 0 Å². The van der Waals surface area contributed by atoms with Gasteiger partial charge in [-0.3, -0.25) is 0 Å². The molecule has 0 radical (unpaired) electrons. The molecular weight excluding hydrogens is 158 g/mol. The fourth-order valence-electron chi connectivity index (χ4n) is 2.14. The van der Waals surface area contributed by atoms with Crippen LogP contribution in [0.2, 0.25) is 0 Å². The smallest absolute Gasteiger partial charge is 0.0303 e. The van der Waals surface area contributed by atoms with Crippen LogP contribution in [-0.4, -0.2) is 0 Å². The number of fused-ring (bicyclic) bond motifs is 1. The number of nitrogens with two attached hydrogens (primary N) is 1. The topological polar surface area (TPSA) is 26.0 Å². The number of hydrogen-bond donors (Lipinski definition) is 1. The zero-order chi connectivity index (χ0) is 9.26. The average molecular weight is 173 g/mol. The fraction of sp³-hybridized carbons (Fsp3) is 0.333. The highest BCUT2D eigenvalue weighted by Gasteiger charge is 2.18. The zero-order valence-electron chi connectivity index (χ0n) is 7.79. The van der Waals surface area contributed by atoms with Crippen molar-refractivity contribution in [3.05, 3.63) is 41.5 Å². The molecule has 0 aromatic heterocycles. The third-order valence-corrected chi connectivity index (χ3v) is 2.78. The van der Waals surface area contributed by atoms with Crippen LogP contribution in [0.5, 0.6) is 0 Å². The second-order valence-electron chi connectivity index (χ2n) is 3.62. The molecule has 0 heterocycles. The van der Waals surface area contributed by atoms with Crippen LogP contribution in [-0.2, 0) is 6.42 Å². The number of hydrogen-bond acceptors (Lipinski definition) is 1. The Morgan fingerprint density at radius 1 is 1.46 bits per heavy atom. The van der Waals surface area contributed by atoms with E-state index in [4.69, 9.17) is 5.73 Å². The summed E-state index contributed by atoms with van der Waals surface area (Å²) in [6, 6.07) is 6.59. The van der Waals surface area contributed by atoms with E-state index in [2.05, 4.69) is 24.8 Å². The summed E-state index contributed by atoms with van der Waals surface area (Å²) < 4.78 is 0. The van der Waals surface area contributed by atoms with E-state index in [-0.39, 0.29) is 6.04 Å². The summed E-state index contributed by atoms with van der Waals surface area (Å²) in [5.41, 5.74) is 10.0. The van der Waals surface area contributed by atoms with Crippen molar-refractivity contribution >= 4 is 6.08 Å². The highest BCUT2D eigenvalue weighted by atomic mass is 14.6. The molecule has 13 heavy (non-hydrogen) atoms. The maximum absolute atomic E-state index is 6.07. The third-order valence-electron chi connectivity index (χ3n) is 2.78. The lowest BCUT2D eigenvalue weighted by Crippen LogP contribution is -2.18. The molecule has 1 atom stereocenters. The molecule has 0 aliphatic heterocycles. The van der Waals surface area contributed by atoms with E-state index in [1.165, 1.54) is 29.5 Å². The van der Waals surface area contributed by atoms with E-state index in [0.717, 1.165) is 6.42 Å². The molecule has 1 aromatic carbocycles. The standard InChI is InChI=1S/C12H15N/c1-2-9-5-3-6-10-7-4-8-11(13)12(9)10/h2-3,5-6,11H,1,4,7-8,13H2. The summed E-state index contributed by atoms with van der Waals surface area (Å²) >= 11 is 0. The first kappa shape index (κ1) is 8.52. The molecular formula is C12H15N. The lowest BCUT2D eigenvalue weighted by atomic mass is 9.85. The molecule has 2 rings (SSSR count). The Morgan fingerprint density at radius 3 is 3.08 bits per heavy atom. The van der Waals surface area contributed by atoms with E-state index in [1.807, 2.05) is 6.08 Å². The fourth-order valence-corrected chi connectivity index (χ4v) is 2.14. The highest BCUT2D eigenvalue weighted by Crippen LogP contribution is 2.30. The molecule has 68 valence electrons. The van der Waals surface area contributed by atoms with Crippen molar-refractivity contribution in [1.82, 2.24) is 0 Å². The van der Waals surface area contributed by atoms with E-state index in [9.17, 15) is 0 Å². The molecule has 0 bridgehead atoms. The Balaban J connectivity index is 2.56. The first-order valence-electron chi connectivity index (χ1n) is 4.82. The Labute approximate surface area is 79.3 Å². The molecule has 1 aromatic rings. The van der Waals surface area contributed by atoms with Crippen molar-refractivity contribution in [3.8, 4) is 0 Å². The van der Waals surface area contributed by atoms with Gasteiger partial charge in [0.2, 0.25) is 0 Å². The molecule has 0 fully saturated rings. The SMILES string of the molecule is C=Cc1cccc2c1C(N)CCC2. The van der Waals surface area contributed by atoms with Crippen molar-refractivity contribution in [2.24, 2.45) is 5.73 Å². The van der Waals surface area contributed by atoms with Crippen LogP contribution in [0.1, 0.15) is 35.6 Å². The Kier molecular flexibility index (Phi) is 2.19. The minimum Gasteiger partial charge on any atom is -0.324 e. The van der Waals surface area contributed by atoms with Crippen molar-refractivity contribution in [2.45, 2.75) is 25.3 Å². The van der Waals surface area contributed by atoms with Gasteiger partial charge in [-0.15, -0.1) is 0 Å². The van der Waals surface area contributed by atoms with E-state index >= 15 is 0 Å². The summed E-state index contributed by atoms with van der Waals surface area (Å²) in [6.07, 6.45) is 5.40. The molecule has 0 spiro atoms. The molecule has 0 saturated carbocycles. The van der Waals surface area contributed by atoms with Crippen LogP contribution in [0.15, 0.2) is 24.8 Å². The van der Waals surface area contributed by atoms with Gasteiger partial charge in [-0.05, 0) is 36.0 Å². The number of benzene rings is 1. The highest BCUT2D eigenvalue weighted by molar-refractivity contribution is 5.56. The number of rotatable bonds is 1. The quantitative estimate of drug-likeness (QED) is 0.694. The van der Waals surface area contributed by atoms with Gasteiger partial charge in [-0.25, -0.2) is 0 Å². The van der Waals surface area contributed by atoms with Crippen molar-refractivity contribution in [1.29, 1.82) is 0 Å². The number of aryl methyl sites for hydroxylation is 1. The first-order valence-corrected chi connectivity index (χ1v) is 4.82.